The van der Waals surface area contributed by atoms with Crippen molar-refractivity contribution in [3.63, 3.8) is 0 Å². The van der Waals surface area contributed by atoms with Gasteiger partial charge in [-0.05, 0) is 36.4 Å². The molecule has 0 aliphatic heterocycles. The number of aromatic nitrogens is 2. The van der Waals surface area contributed by atoms with E-state index in [4.69, 9.17) is 0 Å². The highest BCUT2D eigenvalue weighted by Gasteiger charge is 2.30. The van der Waals surface area contributed by atoms with Crippen molar-refractivity contribution in [1.29, 1.82) is 0 Å². The minimum absolute atomic E-state index is 0.104. The third-order valence-electron chi connectivity index (χ3n) is 3.55. The molecule has 26 heavy (non-hydrogen) atoms. The van der Waals surface area contributed by atoms with Gasteiger partial charge in [0.15, 0.2) is 0 Å². The molecule has 0 aliphatic rings. The molecule has 8 heteroatoms. The summed E-state index contributed by atoms with van der Waals surface area (Å²) in [5.41, 5.74) is 0.160. The number of H-pyrrole nitrogens is 1. The number of benzene rings is 2. The summed E-state index contributed by atoms with van der Waals surface area (Å²) in [5, 5.41) is 8.75. The van der Waals surface area contributed by atoms with Gasteiger partial charge in [0, 0.05) is 22.9 Å². The highest BCUT2D eigenvalue weighted by Crippen LogP contribution is 2.29. The van der Waals surface area contributed by atoms with E-state index in [9.17, 15) is 22.8 Å². The average molecular weight is 359 g/mol. The highest BCUT2D eigenvalue weighted by molar-refractivity contribution is 6.04. The van der Waals surface area contributed by atoms with Crippen LogP contribution in [0.3, 0.4) is 0 Å². The number of carbonyl (C=O) groups excluding carboxylic acids is 1. The second kappa shape index (κ2) is 6.83. The summed E-state index contributed by atoms with van der Waals surface area (Å²) < 4.78 is 38.3. The van der Waals surface area contributed by atoms with E-state index < -0.39 is 17.6 Å². The summed E-state index contributed by atoms with van der Waals surface area (Å²) in [4.78, 5) is 23.3. The molecule has 0 spiro atoms. The Hall–Kier alpha value is -3.42. The maximum Gasteiger partial charge on any atom is 0.416 e. The predicted molar refractivity (Wildman–Crippen MR) is 89.7 cm³/mol. The zero-order chi connectivity index (χ0) is 18.7. The van der Waals surface area contributed by atoms with Crippen LogP contribution in [0.4, 0.5) is 18.9 Å². The Bertz CT molecular complexity index is 992. The van der Waals surface area contributed by atoms with Gasteiger partial charge in [-0.15, -0.1) is 0 Å². The zero-order valence-electron chi connectivity index (χ0n) is 13.2. The molecule has 0 radical (unpaired) electrons. The van der Waals surface area contributed by atoms with E-state index in [2.05, 4.69) is 15.5 Å². The van der Waals surface area contributed by atoms with Crippen LogP contribution >= 0.6 is 0 Å². The van der Waals surface area contributed by atoms with Crippen LogP contribution in [-0.4, -0.2) is 16.1 Å². The predicted octanol–water partition coefficient (Wildman–Crippen LogP) is 3.71. The van der Waals surface area contributed by atoms with Crippen LogP contribution in [-0.2, 0) is 6.18 Å². The average Bonchev–Trinajstić information content (AvgIpc) is 2.62. The van der Waals surface area contributed by atoms with E-state index in [-0.39, 0.29) is 11.1 Å². The van der Waals surface area contributed by atoms with Crippen LogP contribution in [0.5, 0.6) is 0 Å². The SMILES string of the molecule is O=C(Nc1cccc(-c2ccc(=O)[nH]n2)c1)c1cccc(C(F)(F)F)c1. The summed E-state index contributed by atoms with van der Waals surface area (Å²) in [7, 11) is 0. The molecule has 1 heterocycles. The van der Waals surface area contributed by atoms with E-state index >= 15 is 0 Å². The van der Waals surface area contributed by atoms with Crippen molar-refractivity contribution in [3.05, 3.63) is 82.1 Å². The maximum atomic E-state index is 12.8. The third kappa shape index (κ3) is 3.97. The third-order valence-corrected chi connectivity index (χ3v) is 3.55. The summed E-state index contributed by atoms with van der Waals surface area (Å²) in [6.07, 6.45) is -4.52. The molecule has 3 rings (SSSR count). The number of amides is 1. The molecule has 132 valence electrons. The molecule has 0 bridgehead atoms. The zero-order valence-corrected chi connectivity index (χ0v) is 13.2. The van der Waals surface area contributed by atoms with E-state index in [1.807, 2.05) is 0 Å². The summed E-state index contributed by atoms with van der Waals surface area (Å²) >= 11 is 0. The lowest BCUT2D eigenvalue weighted by Gasteiger charge is -2.10. The van der Waals surface area contributed by atoms with Gasteiger partial charge >= 0.3 is 6.18 Å². The fourth-order valence-electron chi connectivity index (χ4n) is 2.30. The number of aromatic amines is 1. The van der Waals surface area contributed by atoms with Gasteiger partial charge in [0.2, 0.25) is 0 Å². The number of anilines is 1. The Kier molecular flexibility index (Phi) is 4.57. The number of hydrogen-bond acceptors (Lipinski definition) is 3. The van der Waals surface area contributed by atoms with Gasteiger partial charge in [-0.25, -0.2) is 5.10 Å². The molecule has 0 fully saturated rings. The van der Waals surface area contributed by atoms with E-state index in [1.54, 1.807) is 24.3 Å². The first-order valence-corrected chi connectivity index (χ1v) is 7.48. The van der Waals surface area contributed by atoms with Crippen molar-refractivity contribution in [2.45, 2.75) is 6.18 Å². The van der Waals surface area contributed by atoms with Crippen LogP contribution in [0.2, 0.25) is 0 Å². The van der Waals surface area contributed by atoms with Crippen molar-refractivity contribution < 1.29 is 18.0 Å². The fraction of sp³-hybridized carbons (Fsp3) is 0.0556. The minimum Gasteiger partial charge on any atom is -0.322 e. The van der Waals surface area contributed by atoms with Crippen LogP contribution in [0.25, 0.3) is 11.3 Å². The van der Waals surface area contributed by atoms with Gasteiger partial charge < -0.3 is 5.32 Å². The van der Waals surface area contributed by atoms with Crippen LogP contribution in [0, 0.1) is 0 Å². The molecule has 3 aromatic rings. The minimum atomic E-state index is -4.52. The Morgan fingerprint density at radius 3 is 2.46 bits per heavy atom. The first-order valence-electron chi connectivity index (χ1n) is 7.48. The number of hydrogen-bond donors (Lipinski definition) is 2. The highest BCUT2D eigenvalue weighted by atomic mass is 19.4. The summed E-state index contributed by atoms with van der Waals surface area (Å²) in [6, 6.07) is 13.6. The molecule has 2 N–H and O–H groups in total. The molecular weight excluding hydrogens is 347 g/mol. The molecule has 0 saturated heterocycles. The standard InChI is InChI=1S/C18H12F3N3O2/c19-18(20,21)13-5-1-4-12(9-13)17(26)22-14-6-2-3-11(10-14)15-7-8-16(25)24-23-15/h1-10H,(H,22,26)(H,24,25). The molecule has 5 nitrogen and oxygen atoms in total. The molecule has 0 atom stereocenters. The van der Waals surface area contributed by atoms with E-state index in [1.165, 1.54) is 24.3 Å². The normalized spacial score (nSPS) is 11.2. The van der Waals surface area contributed by atoms with Crippen molar-refractivity contribution in [2.24, 2.45) is 0 Å². The van der Waals surface area contributed by atoms with Crippen molar-refractivity contribution >= 4 is 11.6 Å². The first kappa shape index (κ1) is 17.4. The molecule has 0 saturated carbocycles. The number of alkyl halides is 3. The van der Waals surface area contributed by atoms with Gasteiger partial charge in [0.25, 0.3) is 11.5 Å². The molecular formula is C18H12F3N3O2. The van der Waals surface area contributed by atoms with Gasteiger partial charge in [-0.2, -0.15) is 18.3 Å². The number of halogens is 3. The number of carbonyl (C=O) groups is 1. The van der Waals surface area contributed by atoms with Crippen LogP contribution in [0.1, 0.15) is 15.9 Å². The van der Waals surface area contributed by atoms with Crippen molar-refractivity contribution in [1.82, 2.24) is 10.2 Å². The van der Waals surface area contributed by atoms with Gasteiger partial charge in [0.05, 0.1) is 11.3 Å². The van der Waals surface area contributed by atoms with Crippen LogP contribution in [0.15, 0.2) is 65.5 Å². The van der Waals surface area contributed by atoms with Gasteiger partial charge in [0.1, 0.15) is 0 Å². The molecule has 1 amide bonds. The number of nitrogens with one attached hydrogen (secondary N) is 2. The molecule has 2 aromatic carbocycles. The topological polar surface area (TPSA) is 74.8 Å². The molecule has 1 aromatic heterocycles. The lowest BCUT2D eigenvalue weighted by atomic mass is 10.1. The molecule has 0 aliphatic carbocycles. The second-order valence-corrected chi connectivity index (χ2v) is 5.42. The quantitative estimate of drug-likeness (QED) is 0.749. The smallest absolute Gasteiger partial charge is 0.322 e. The Balaban J connectivity index is 1.83. The van der Waals surface area contributed by atoms with Crippen molar-refractivity contribution in [2.75, 3.05) is 5.32 Å². The van der Waals surface area contributed by atoms with Crippen molar-refractivity contribution in [3.8, 4) is 11.3 Å². The monoisotopic (exact) mass is 359 g/mol. The Labute approximate surface area is 145 Å². The molecule has 0 unspecified atom stereocenters. The Morgan fingerprint density at radius 2 is 1.77 bits per heavy atom. The second-order valence-electron chi connectivity index (χ2n) is 5.42. The fourth-order valence-corrected chi connectivity index (χ4v) is 2.30. The largest absolute Gasteiger partial charge is 0.416 e. The van der Waals surface area contributed by atoms with Crippen LogP contribution < -0.4 is 10.9 Å². The van der Waals surface area contributed by atoms with Gasteiger partial charge in [-0.3, -0.25) is 9.59 Å². The van der Waals surface area contributed by atoms with Gasteiger partial charge in [-0.1, -0.05) is 18.2 Å². The lowest BCUT2D eigenvalue weighted by Crippen LogP contribution is -2.14. The van der Waals surface area contributed by atoms with E-state index in [0.717, 1.165) is 12.1 Å². The Morgan fingerprint density at radius 1 is 1.00 bits per heavy atom. The summed E-state index contributed by atoms with van der Waals surface area (Å²) in [5.74, 6) is -0.664. The number of nitrogens with zero attached hydrogens (tertiary/aromatic N) is 1. The first-order chi connectivity index (χ1) is 12.3. The van der Waals surface area contributed by atoms with E-state index in [0.29, 0.717) is 16.9 Å². The maximum absolute atomic E-state index is 12.8. The number of rotatable bonds is 3. The lowest BCUT2D eigenvalue weighted by molar-refractivity contribution is -0.137. The summed E-state index contributed by atoms with van der Waals surface area (Å²) in [6.45, 7) is 0.